The molecule has 2 aliphatic rings. The first-order valence-corrected chi connectivity index (χ1v) is 13.7. The summed E-state index contributed by atoms with van der Waals surface area (Å²) in [5.41, 5.74) is 2.37. The van der Waals surface area contributed by atoms with E-state index in [-0.39, 0.29) is 37.2 Å². The molecule has 1 saturated carbocycles. The van der Waals surface area contributed by atoms with Crippen LogP contribution < -0.4 is 15.4 Å². The van der Waals surface area contributed by atoms with Gasteiger partial charge in [0.1, 0.15) is 23.3 Å². The number of carbonyl (C=O) groups is 3. The number of hydrogen-bond donors (Lipinski definition) is 3. The van der Waals surface area contributed by atoms with Crippen molar-refractivity contribution in [1.82, 2.24) is 20.5 Å². The summed E-state index contributed by atoms with van der Waals surface area (Å²) in [5.74, 6) is -0.565. The number of rotatable bonds is 9. The zero-order chi connectivity index (χ0) is 29.1. The number of aliphatic hydroxyl groups is 1. The first-order valence-electron chi connectivity index (χ1n) is 13.7. The van der Waals surface area contributed by atoms with Gasteiger partial charge in [-0.05, 0) is 73.2 Å². The number of pyridine rings is 1. The molecule has 0 bridgehead atoms. The minimum absolute atomic E-state index is 0.0150. The Balaban J connectivity index is 1.22. The van der Waals surface area contributed by atoms with Gasteiger partial charge in [0.25, 0.3) is 5.91 Å². The number of methoxy groups -OCH3 is 1. The molecule has 3 aromatic rings. The van der Waals surface area contributed by atoms with Crippen LogP contribution in [-0.2, 0) is 9.59 Å². The number of nitrogens with one attached hydrogen (secondary N) is 2. The van der Waals surface area contributed by atoms with Crippen molar-refractivity contribution >= 4 is 34.7 Å². The number of benzene rings is 2. The van der Waals surface area contributed by atoms with E-state index in [4.69, 9.17) is 4.74 Å². The molecule has 0 spiro atoms. The van der Waals surface area contributed by atoms with Crippen LogP contribution in [0.25, 0.3) is 17.0 Å². The summed E-state index contributed by atoms with van der Waals surface area (Å²) in [4.78, 5) is 44.6. The fraction of sp³-hybridized carbons (Fsp3) is 0.355. The molecule has 2 heterocycles. The number of aliphatic hydroxyl groups excluding tert-OH is 1. The summed E-state index contributed by atoms with van der Waals surface area (Å²) < 4.78 is 18.8. The summed E-state index contributed by atoms with van der Waals surface area (Å²) in [6.07, 6.45) is 5.81. The Morgan fingerprint density at radius 3 is 2.73 bits per heavy atom. The lowest BCUT2D eigenvalue weighted by atomic mass is 9.99. The first kappa shape index (κ1) is 28.2. The second kappa shape index (κ2) is 12.1. The number of β-amino-alcohol motifs (C(OH)–C–C–N with tert-alkyl or cyclic N) is 1. The molecule has 1 aliphatic heterocycles. The number of aromatic nitrogens is 1. The average molecular weight is 561 g/mol. The third-order valence-electron chi connectivity index (χ3n) is 7.48. The number of hydrogen-bond acceptors (Lipinski definition) is 6. The fourth-order valence-corrected chi connectivity index (χ4v) is 5.04. The number of allylic oxidation sites excluding steroid dienone is 1. The van der Waals surface area contributed by atoms with Crippen LogP contribution in [0.5, 0.6) is 5.75 Å². The van der Waals surface area contributed by atoms with Gasteiger partial charge in [-0.15, -0.1) is 0 Å². The molecular formula is C31H33FN4O5. The van der Waals surface area contributed by atoms with Gasteiger partial charge >= 0.3 is 0 Å². The van der Waals surface area contributed by atoms with Gasteiger partial charge in [-0.2, -0.15) is 0 Å². The SMILES string of the molecule is COc1ccc([C@H](C)NC(=O)C2C[C@@H](O)CN2C(=O)CNC(=O)c2ccc3cc(F)ccc3n2)c(/C=C/C2CC2)c1. The Morgan fingerprint density at radius 2 is 1.98 bits per heavy atom. The summed E-state index contributed by atoms with van der Waals surface area (Å²) in [7, 11) is 1.61. The highest BCUT2D eigenvalue weighted by Gasteiger charge is 2.39. The minimum Gasteiger partial charge on any atom is -0.497 e. The van der Waals surface area contributed by atoms with E-state index in [1.165, 1.54) is 42.0 Å². The van der Waals surface area contributed by atoms with Gasteiger partial charge in [0.15, 0.2) is 0 Å². The highest BCUT2D eigenvalue weighted by Crippen LogP contribution is 2.32. The van der Waals surface area contributed by atoms with Crippen LogP contribution >= 0.6 is 0 Å². The van der Waals surface area contributed by atoms with E-state index in [0.717, 1.165) is 11.1 Å². The average Bonchev–Trinajstić information content (AvgIpc) is 3.72. The topological polar surface area (TPSA) is 121 Å². The van der Waals surface area contributed by atoms with E-state index in [2.05, 4.69) is 27.8 Å². The summed E-state index contributed by atoms with van der Waals surface area (Å²) in [5, 5.41) is 16.4. The summed E-state index contributed by atoms with van der Waals surface area (Å²) in [6, 6.07) is 11.5. The van der Waals surface area contributed by atoms with Crippen LogP contribution in [0.2, 0.25) is 0 Å². The molecule has 5 rings (SSSR count). The van der Waals surface area contributed by atoms with Gasteiger partial charge < -0.3 is 25.4 Å². The monoisotopic (exact) mass is 560 g/mol. The molecule has 41 heavy (non-hydrogen) atoms. The van der Waals surface area contributed by atoms with Crippen molar-refractivity contribution < 1.29 is 28.6 Å². The van der Waals surface area contributed by atoms with Crippen molar-refractivity contribution in [2.24, 2.45) is 5.92 Å². The largest absolute Gasteiger partial charge is 0.497 e. The minimum atomic E-state index is -0.880. The lowest BCUT2D eigenvalue weighted by Crippen LogP contribution is -2.49. The fourth-order valence-electron chi connectivity index (χ4n) is 5.04. The number of ether oxygens (including phenoxy) is 1. The summed E-state index contributed by atoms with van der Waals surface area (Å²) in [6.45, 7) is 1.48. The lowest BCUT2D eigenvalue weighted by Gasteiger charge is -2.26. The highest BCUT2D eigenvalue weighted by molar-refractivity contribution is 5.97. The van der Waals surface area contributed by atoms with Gasteiger partial charge in [-0.3, -0.25) is 14.4 Å². The van der Waals surface area contributed by atoms with Crippen molar-refractivity contribution in [3.63, 3.8) is 0 Å². The van der Waals surface area contributed by atoms with E-state index < -0.39 is 29.8 Å². The molecule has 1 unspecified atom stereocenters. The van der Waals surface area contributed by atoms with Gasteiger partial charge in [0, 0.05) is 18.4 Å². The van der Waals surface area contributed by atoms with Crippen LogP contribution in [0.3, 0.4) is 0 Å². The van der Waals surface area contributed by atoms with E-state index in [9.17, 15) is 23.9 Å². The van der Waals surface area contributed by atoms with Crippen molar-refractivity contribution in [3.05, 3.63) is 77.2 Å². The number of fused-ring (bicyclic) bond motifs is 1. The summed E-state index contributed by atoms with van der Waals surface area (Å²) >= 11 is 0. The molecule has 0 radical (unpaired) electrons. The number of nitrogens with zero attached hydrogens (tertiary/aromatic N) is 2. The van der Waals surface area contributed by atoms with E-state index in [1.807, 2.05) is 25.1 Å². The molecule has 1 saturated heterocycles. The molecule has 1 aliphatic carbocycles. The Labute approximate surface area is 237 Å². The van der Waals surface area contributed by atoms with E-state index in [1.54, 1.807) is 13.2 Å². The highest BCUT2D eigenvalue weighted by atomic mass is 19.1. The molecule has 2 fully saturated rings. The van der Waals surface area contributed by atoms with Crippen LogP contribution in [0.1, 0.15) is 53.8 Å². The molecule has 3 N–H and O–H groups in total. The van der Waals surface area contributed by atoms with Crippen molar-refractivity contribution in [2.45, 2.75) is 44.4 Å². The third kappa shape index (κ3) is 6.71. The van der Waals surface area contributed by atoms with Crippen LogP contribution in [-0.4, -0.2) is 65.1 Å². The number of likely N-dealkylation sites (tertiary alicyclic amines) is 1. The zero-order valence-electron chi connectivity index (χ0n) is 23.0. The molecular weight excluding hydrogens is 527 g/mol. The molecule has 9 nitrogen and oxygen atoms in total. The molecule has 1 aromatic heterocycles. The predicted molar refractivity (Wildman–Crippen MR) is 151 cm³/mol. The third-order valence-corrected chi connectivity index (χ3v) is 7.48. The number of halogens is 1. The van der Waals surface area contributed by atoms with Crippen LogP contribution in [0, 0.1) is 11.7 Å². The maximum Gasteiger partial charge on any atom is 0.270 e. The molecule has 3 amide bonds. The zero-order valence-corrected chi connectivity index (χ0v) is 23.0. The lowest BCUT2D eigenvalue weighted by molar-refractivity contribution is -0.138. The Kier molecular flexibility index (Phi) is 8.30. The Morgan fingerprint density at radius 1 is 1.17 bits per heavy atom. The van der Waals surface area contributed by atoms with Crippen LogP contribution in [0.15, 0.2) is 54.6 Å². The quantitative estimate of drug-likeness (QED) is 0.369. The first-order chi connectivity index (χ1) is 19.7. The van der Waals surface area contributed by atoms with Crippen molar-refractivity contribution in [1.29, 1.82) is 0 Å². The van der Waals surface area contributed by atoms with E-state index in [0.29, 0.717) is 22.6 Å². The van der Waals surface area contributed by atoms with Crippen molar-refractivity contribution in [3.8, 4) is 5.75 Å². The predicted octanol–water partition coefficient (Wildman–Crippen LogP) is 3.37. The number of carbonyl (C=O) groups excluding carboxylic acids is 3. The molecule has 10 heteroatoms. The Bertz CT molecular complexity index is 1510. The second-order valence-electron chi connectivity index (χ2n) is 10.6. The second-order valence-corrected chi connectivity index (χ2v) is 10.6. The van der Waals surface area contributed by atoms with Gasteiger partial charge in [0.2, 0.25) is 11.8 Å². The van der Waals surface area contributed by atoms with Gasteiger partial charge in [-0.25, -0.2) is 9.37 Å². The maximum atomic E-state index is 13.4. The van der Waals surface area contributed by atoms with Crippen molar-refractivity contribution in [2.75, 3.05) is 20.2 Å². The molecule has 214 valence electrons. The van der Waals surface area contributed by atoms with E-state index >= 15 is 0 Å². The normalized spacial score (nSPS) is 19.4. The maximum absolute atomic E-state index is 13.4. The smallest absolute Gasteiger partial charge is 0.270 e. The van der Waals surface area contributed by atoms with Gasteiger partial charge in [-0.1, -0.05) is 24.3 Å². The van der Waals surface area contributed by atoms with Crippen LogP contribution in [0.4, 0.5) is 4.39 Å². The number of amides is 3. The van der Waals surface area contributed by atoms with Gasteiger partial charge in [0.05, 0.1) is 31.3 Å². The molecule has 3 atom stereocenters. The molecule has 2 aromatic carbocycles. The Hall–Kier alpha value is -4.31. The standard InChI is InChI=1S/C31H33FN4O5/c1-18(25-10-9-24(41-2)14-20(25)6-5-19-3-4-19)34-31(40)28-15-23(37)17-36(28)29(38)16-33-30(39)27-11-7-21-13-22(32)8-12-26(21)35-27/h5-14,18-19,23,28,37H,3-4,15-17H2,1-2H3,(H,33,39)(H,34,40)/b6-5+/t18-,23+,28?/m0/s1.